The highest BCUT2D eigenvalue weighted by Gasteiger charge is 2.21. The molecule has 0 amide bonds. The molecule has 0 radical (unpaired) electrons. The molecule has 0 bridgehead atoms. The van der Waals surface area contributed by atoms with Gasteiger partial charge in [-0.2, -0.15) is 0 Å². The number of nitrogens with one attached hydrogen (secondary N) is 1. The van der Waals surface area contributed by atoms with Gasteiger partial charge in [-0.05, 0) is 29.8 Å². The number of benzene rings is 2. The first-order valence-corrected chi connectivity index (χ1v) is 7.57. The van der Waals surface area contributed by atoms with E-state index in [2.05, 4.69) is 10.5 Å². The number of hydrogen-bond acceptors (Lipinski definition) is 4. The standard InChI is InChI=1S/C18H19FN2O2/c1-22-16-7-2-4-13(8-16)11-20-12-17-10-18(21-23-17)14-5-3-6-15(19)9-14/h2-9,17,20H,10-12H2,1H3. The Bertz CT molecular complexity index is 703. The first-order valence-electron chi connectivity index (χ1n) is 7.57. The average molecular weight is 314 g/mol. The molecule has 1 aliphatic rings. The molecule has 1 atom stereocenters. The molecule has 3 rings (SSSR count). The Balaban J connectivity index is 1.48. The van der Waals surface area contributed by atoms with Crippen LogP contribution in [0.1, 0.15) is 17.5 Å². The Labute approximate surface area is 134 Å². The minimum absolute atomic E-state index is 0.0288. The smallest absolute Gasteiger partial charge is 0.145 e. The van der Waals surface area contributed by atoms with Crippen LogP contribution in [0.4, 0.5) is 4.39 Å². The van der Waals surface area contributed by atoms with E-state index in [1.54, 1.807) is 13.2 Å². The summed E-state index contributed by atoms with van der Waals surface area (Å²) in [4.78, 5) is 5.42. The van der Waals surface area contributed by atoms with Crippen LogP contribution in [0.2, 0.25) is 0 Å². The van der Waals surface area contributed by atoms with Gasteiger partial charge in [-0.25, -0.2) is 4.39 Å². The number of hydrogen-bond donors (Lipinski definition) is 1. The highest BCUT2D eigenvalue weighted by Crippen LogP contribution is 2.17. The van der Waals surface area contributed by atoms with Crippen molar-refractivity contribution in [2.75, 3.05) is 13.7 Å². The molecule has 4 nitrogen and oxygen atoms in total. The molecular formula is C18H19FN2O2. The second kappa shape index (κ2) is 7.24. The summed E-state index contributed by atoms with van der Waals surface area (Å²) in [5.74, 6) is 0.586. The van der Waals surface area contributed by atoms with Crippen molar-refractivity contribution in [1.29, 1.82) is 0 Å². The van der Waals surface area contributed by atoms with Gasteiger partial charge in [0.05, 0.1) is 12.8 Å². The lowest BCUT2D eigenvalue weighted by Gasteiger charge is -2.10. The SMILES string of the molecule is COc1cccc(CNCC2CC(c3cccc(F)c3)=NO2)c1. The normalized spacial score (nSPS) is 16.8. The third kappa shape index (κ3) is 4.07. The maximum Gasteiger partial charge on any atom is 0.145 e. The van der Waals surface area contributed by atoms with Gasteiger partial charge in [0.1, 0.15) is 17.7 Å². The van der Waals surface area contributed by atoms with Gasteiger partial charge < -0.3 is 14.9 Å². The van der Waals surface area contributed by atoms with Crippen molar-refractivity contribution in [3.05, 3.63) is 65.5 Å². The number of halogens is 1. The zero-order chi connectivity index (χ0) is 16.1. The summed E-state index contributed by atoms with van der Waals surface area (Å²) in [7, 11) is 1.66. The summed E-state index contributed by atoms with van der Waals surface area (Å²) < 4.78 is 18.5. The molecule has 1 aliphatic heterocycles. The fraction of sp³-hybridized carbons (Fsp3) is 0.278. The molecule has 0 saturated carbocycles. The summed E-state index contributed by atoms with van der Waals surface area (Å²) in [5, 5.41) is 7.42. The zero-order valence-electron chi connectivity index (χ0n) is 13.0. The number of oxime groups is 1. The summed E-state index contributed by atoms with van der Waals surface area (Å²) in [6.07, 6.45) is 0.646. The molecule has 120 valence electrons. The van der Waals surface area contributed by atoms with Gasteiger partial charge in [0.25, 0.3) is 0 Å². The van der Waals surface area contributed by atoms with E-state index in [4.69, 9.17) is 9.57 Å². The molecule has 1 heterocycles. The van der Waals surface area contributed by atoms with Crippen LogP contribution in [0.5, 0.6) is 5.75 Å². The van der Waals surface area contributed by atoms with Gasteiger partial charge in [-0.1, -0.05) is 29.4 Å². The lowest BCUT2D eigenvalue weighted by molar-refractivity contribution is 0.0848. The van der Waals surface area contributed by atoms with Crippen LogP contribution in [-0.4, -0.2) is 25.5 Å². The highest BCUT2D eigenvalue weighted by atomic mass is 19.1. The first-order chi connectivity index (χ1) is 11.2. The van der Waals surface area contributed by atoms with E-state index >= 15 is 0 Å². The summed E-state index contributed by atoms with van der Waals surface area (Å²) >= 11 is 0. The van der Waals surface area contributed by atoms with E-state index in [1.165, 1.54) is 12.1 Å². The highest BCUT2D eigenvalue weighted by molar-refractivity contribution is 6.01. The van der Waals surface area contributed by atoms with Crippen LogP contribution in [-0.2, 0) is 11.4 Å². The topological polar surface area (TPSA) is 42.8 Å². The summed E-state index contributed by atoms with van der Waals surface area (Å²) in [6, 6.07) is 14.4. The molecule has 0 spiro atoms. The third-order valence-corrected chi connectivity index (χ3v) is 3.73. The molecule has 0 aliphatic carbocycles. The van der Waals surface area contributed by atoms with Crippen molar-refractivity contribution in [3.8, 4) is 5.75 Å². The van der Waals surface area contributed by atoms with E-state index in [9.17, 15) is 4.39 Å². The van der Waals surface area contributed by atoms with E-state index in [0.29, 0.717) is 13.0 Å². The third-order valence-electron chi connectivity index (χ3n) is 3.73. The van der Waals surface area contributed by atoms with Crippen LogP contribution < -0.4 is 10.1 Å². The van der Waals surface area contributed by atoms with E-state index < -0.39 is 0 Å². The van der Waals surface area contributed by atoms with Crippen LogP contribution in [0.15, 0.2) is 53.7 Å². The molecule has 2 aromatic rings. The maximum absolute atomic E-state index is 13.3. The second-order valence-corrected chi connectivity index (χ2v) is 5.46. The number of rotatable bonds is 6. The number of ether oxygens (including phenoxy) is 1. The lowest BCUT2D eigenvalue weighted by Crippen LogP contribution is -2.26. The molecule has 1 N–H and O–H groups in total. The van der Waals surface area contributed by atoms with Crippen molar-refractivity contribution in [1.82, 2.24) is 5.32 Å². The maximum atomic E-state index is 13.3. The molecule has 2 aromatic carbocycles. The molecule has 5 heteroatoms. The Kier molecular flexibility index (Phi) is 4.88. The van der Waals surface area contributed by atoms with E-state index in [1.807, 2.05) is 30.3 Å². The molecule has 1 unspecified atom stereocenters. The van der Waals surface area contributed by atoms with E-state index in [0.717, 1.165) is 29.1 Å². The lowest BCUT2D eigenvalue weighted by atomic mass is 10.0. The van der Waals surface area contributed by atoms with Crippen molar-refractivity contribution in [3.63, 3.8) is 0 Å². The molecular weight excluding hydrogens is 295 g/mol. The average Bonchev–Trinajstić information content (AvgIpc) is 3.04. The number of methoxy groups -OCH3 is 1. The van der Waals surface area contributed by atoms with Crippen LogP contribution in [0, 0.1) is 5.82 Å². The van der Waals surface area contributed by atoms with Crippen molar-refractivity contribution in [2.45, 2.75) is 19.1 Å². The van der Waals surface area contributed by atoms with Crippen LogP contribution in [0.25, 0.3) is 0 Å². The molecule has 0 aromatic heterocycles. The van der Waals surface area contributed by atoms with Gasteiger partial charge in [0, 0.05) is 25.1 Å². The van der Waals surface area contributed by atoms with Gasteiger partial charge in [-0.3, -0.25) is 0 Å². The van der Waals surface area contributed by atoms with Gasteiger partial charge in [-0.15, -0.1) is 0 Å². The summed E-state index contributed by atoms with van der Waals surface area (Å²) in [6.45, 7) is 1.41. The van der Waals surface area contributed by atoms with Gasteiger partial charge in [0.2, 0.25) is 0 Å². The minimum Gasteiger partial charge on any atom is -0.497 e. The van der Waals surface area contributed by atoms with Crippen molar-refractivity contribution in [2.24, 2.45) is 5.16 Å². The number of nitrogens with zero attached hydrogens (tertiary/aromatic N) is 1. The molecule has 0 saturated heterocycles. The Hall–Kier alpha value is -2.40. The fourth-order valence-electron chi connectivity index (χ4n) is 2.54. The van der Waals surface area contributed by atoms with Crippen LogP contribution >= 0.6 is 0 Å². The Morgan fingerprint density at radius 2 is 2.13 bits per heavy atom. The van der Waals surface area contributed by atoms with Crippen LogP contribution in [0.3, 0.4) is 0 Å². The minimum atomic E-state index is -0.259. The summed E-state index contributed by atoms with van der Waals surface area (Å²) in [5.41, 5.74) is 2.71. The van der Waals surface area contributed by atoms with E-state index in [-0.39, 0.29) is 11.9 Å². The predicted octanol–water partition coefficient (Wildman–Crippen LogP) is 3.12. The zero-order valence-corrected chi connectivity index (χ0v) is 13.0. The Morgan fingerprint density at radius 3 is 2.96 bits per heavy atom. The van der Waals surface area contributed by atoms with Crippen molar-refractivity contribution >= 4 is 5.71 Å². The van der Waals surface area contributed by atoms with Crippen molar-refractivity contribution < 1.29 is 14.0 Å². The fourth-order valence-corrected chi connectivity index (χ4v) is 2.54. The largest absolute Gasteiger partial charge is 0.497 e. The van der Waals surface area contributed by atoms with Gasteiger partial charge in [0.15, 0.2) is 0 Å². The molecule has 23 heavy (non-hydrogen) atoms. The quantitative estimate of drug-likeness (QED) is 0.891. The first kappa shape index (κ1) is 15.5. The van der Waals surface area contributed by atoms with Gasteiger partial charge >= 0.3 is 0 Å². The second-order valence-electron chi connectivity index (χ2n) is 5.46. The monoisotopic (exact) mass is 314 g/mol. The predicted molar refractivity (Wildman–Crippen MR) is 87.1 cm³/mol. The Morgan fingerprint density at radius 1 is 1.26 bits per heavy atom. The molecule has 0 fully saturated rings.